The summed E-state index contributed by atoms with van der Waals surface area (Å²) in [5, 5.41) is 7.18. The minimum Gasteiger partial charge on any atom is -0.328 e. The van der Waals surface area contributed by atoms with Crippen LogP contribution in [0.15, 0.2) is 42.7 Å². The molecule has 2 unspecified atom stereocenters. The predicted octanol–water partition coefficient (Wildman–Crippen LogP) is 1.94. The quantitative estimate of drug-likeness (QED) is 0.895. The number of anilines is 1. The van der Waals surface area contributed by atoms with Gasteiger partial charge in [-0.15, -0.1) is 0 Å². The third-order valence-electron chi connectivity index (χ3n) is 3.71. The van der Waals surface area contributed by atoms with E-state index in [0.717, 1.165) is 30.6 Å². The number of nitrogens with two attached hydrogens (primary N) is 1. The topological polar surface area (TPSA) is 72.9 Å². The first kappa shape index (κ1) is 12.9. The lowest BCUT2D eigenvalue weighted by Gasteiger charge is -2.08. The molecule has 0 aliphatic heterocycles. The second-order valence-corrected chi connectivity index (χ2v) is 5.27. The van der Waals surface area contributed by atoms with Gasteiger partial charge in [-0.1, -0.05) is 18.2 Å². The van der Waals surface area contributed by atoms with Crippen LogP contribution in [0.3, 0.4) is 0 Å². The Balaban J connectivity index is 1.67. The summed E-state index contributed by atoms with van der Waals surface area (Å²) >= 11 is 0. The van der Waals surface area contributed by atoms with Crippen molar-refractivity contribution < 1.29 is 4.79 Å². The third-order valence-corrected chi connectivity index (χ3v) is 3.71. The van der Waals surface area contributed by atoms with E-state index in [4.69, 9.17) is 5.73 Å². The molecule has 1 fully saturated rings. The van der Waals surface area contributed by atoms with Crippen LogP contribution >= 0.6 is 0 Å². The molecule has 1 aromatic carbocycles. The number of aromatic nitrogens is 2. The van der Waals surface area contributed by atoms with Crippen LogP contribution in [0.1, 0.15) is 19.3 Å². The first-order valence-corrected chi connectivity index (χ1v) is 6.89. The van der Waals surface area contributed by atoms with Gasteiger partial charge in [0.1, 0.15) is 0 Å². The van der Waals surface area contributed by atoms with Crippen LogP contribution in [-0.2, 0) is 4.79 Å². The minimum absolute atomic E-state index is 0.0325. The molecule has 1 heterocycles. The highest BCUT2D eigenvalue weighted by Crippen LogP contribution is 2.25. The summed E-state index contributed by atoms with van der Waals surface area (Å²) in [6.07, 6.45) is 6.07. The van der Waals surface area contributed by atoms with E-state index in [1.54, 1.807) is 10.9 Å². The molecule has 0 bridgehead atoms. The molecule has 0 saturated heterocycles. The monoisotopic (exact) mass is 270 g/mol. The molecule has 5 heteroatoms. The van der Waals surface area contributed by atoms with Crippen molar-refractivity contribution in [1.82, 2.24) is 9.78 Å². The Morgan fingerprint density at radius 3 is 2.80 bits per heavy atom. The number of nitrogens with one attached hydrogen (secondary N) is 1. The van der Waals surface area contributed by atoms with E-state index in [1.165, 1.54) is 0 Å². The van der Waals surface area contributed by atoms with Crippen LogP contribution in [0.2, 0.25) is 0 Å². The van der Waals surface area contributed by atoms with Crippen molar-refractivity contribution in [2.45, 2.75) is 25.3 Å². The normalized spacial score (nSPS) is 21.9. The highest BCUT2D eigenvalue weighted by Gasteiger charge is 2.27. The maximum absolute atomic E-state index is 12.1. The number of hydrogen-bond donors (Lipinski definition) is 2. The van der Waals surface area contributed by atoms with Crippen molar-refractivity contribution in [1.29, 1.82) is 0 Å². The molecule has 1 amide bonds. The number of carbonyl (C=O) groups is 1. The number of para-hydroxylation sites is 1. The standard InChI is InChI=1S/C15H18N4O/c16-12-7-6-11(8-12)15(20)18-13-9-17-19(10-13)14-4-2-1-3-5-14/h1-5,9-12H,6-8,16H2,(H,18,20). The Hall–Kier alpha value is -2.14. The van der Waals surface area contributed by atoms with Crippen LogP contribution in [0, 0.1) is 5.92 Å². The van der Waals surface area contributed by atoms with Crippen molar-refractivity contribution in [2.24, 2.45) is 11.7 Å². The summed E-state index contributed by atoms with van der Waals surface area (Å²) in [6.45, 7) is 0. The van der Waals surface area contributed by atoms with Gasteiger partial charge in [-0.3, -0.25) is 4.79 Å². The van der Waals surface area contributed by atoms with E-state index in [2.05, 4.69) is 10.4 Å². The van der Waals surface area contributed by atoms with Crippen LogP contribution in [-0.4, -0.2) is 21.7 Å². The molecule has 1 saturated carbocycles. The molecule has 1 aliphatic carbocycles. The SMILES string of the molecule is NC1CCC(C(=O)Nc2cnn(-c3ccccc3)c2)C1. The van der Waals surface area contributed by atoms with Gasteiger partial charge in [-0.05, 0) is 31.4 Å². The highest BCUT2D eigenvalue weighted by molar-refractivity contribution is 5.92. The highest BCUT2D eigenvalue weighted by atomic mass is 16.1. The molecule has 20 heavy (non-hydrogen) atoms. The van der Waals surface area contributed by atoms with E-state index < -0.39 is 0 Å². The second-order valence-electron chi connectivity index (χ2n) is 5.27. The number of benzene rings is 1. The molecule has 1 aliphatic rings. The van der Waals surface area contributed by atoms with Gasteiger partial charge in [0.05, 0.1) is 23.8 Å². The van der Waals surface area contributed by atoms with Crippen LogP contribution in [0.5, 0.6) is 0 Å². The maximum Gasteiger partial charge on any atom is 0.227 e. The van der Waals surface area contributed by atoms with Gasteiger partial charge in [0.2, 0.25) is 5.91 Å². The number of carbonyl (C=O) groups excluding carboxylic acids is 1. The molecular weight excluding hydrogens is 252 g/mol. The predicted molar refractivity (Wildman–Crippen MR) is 77.5 cm³/mol. The Morgan fingerprint density at radius 2 is 2.10 bits per heavy atom. The molecule has 2 aromatic rings. The lowest BCUT2D eigenvalue weighted by Crippen LogP contribution is -2.23. The average Bonchev–Trinajstić information content (AvgIpc) is 3.09. The smallest absolute Gasteiger partial charge is 0.227 e. The van der Waals surface area contributed by atoms with Crippen molar-refractivity contribution in [3.05, 3.63) is 42.7 Å². The summed E-state index contributed by atoms with van der Waals surface area (Å²) in [7, 11) is 0. The Morgan fingerprint density at radius 1 is 1.30 bits per heavy atom. The van der Waals surface area contributed by atoms with E-state index >= 15 is 0 Å². The maximum atomic E-state index is 12.1. The van der Waals surface area contributed by atoms with E-state index in [9.17, 15) is 4.79 Å². The van der Waals surface area contributed by atoms with Crippen LogP contribution < -0.4 is 11.1 Å². The number of hydrogen-bond acceptors (Lipinski definition) is 3. The van der Waals surface area contributed by atoms with Gasteiger partial charge in [0.15, 0.2) is 0 Å². The molecule has 0 radical (unpaired) electrons. The summed E-state index contributed by atoms with van der Waals surface area (Å²) in [6, 6.07) is 9.96. The molecular formula is C15H18N4O. The molecule has 3 rings (SSSR count). The largest absolute Gasteiger partial charge is 0.328 e. The van der Waals surface area contributed by atoms with E-state index in [-0.39, 0.29) is 17.9 Å². The van der Waals surface area contributed by atoms with Gasteiger partial charge >= 0.3 is 0 Å². The number of amides is 1. The second kappa shape index (κ2) is 5.46. The summed E-state index contributed by atoms with van der Waals surface area (Å²) < 4.78 is 1.75. The zero-order valence-electron chi connectivity index (χ0n) is 11.2. The summed E-state index contributed by atoms with van der Waals surface area (Å²) in [4.78, 5) is 12.1. The van der Waals surface area contributed by atoms with Crippen molar-refractivity contribution in [3.63, 3.8) is 0 Å². The van der Waals surface area contributed by atoms with Crippen LogP contribution in [0.25, 0.3) is 5.69 Å². The zero-order chi connectivity index (χ0) is 13.9. The van der Waals surface area contributed by atoms with Crippen LogP contribution in [0.4, 0.5) is 5.69 Å². The number of nitrogens with zero attached hydrogens (tertiary/aromatic N) is 2. The summed E-state index contributed by atoms with van der Waals surface area (Å²) in [5.74, 6) is 0.0793. The molecule has 3 N–H and O–H groups in total. The summed E-state index contributed by atoms with van der Waals surface area (Å²) in [5.41, 5.74) is 7.53. The van der Waals surface area contributed by atoms with Crippen molar-refractivity contribution in [2.75, 3.05) is 5.32 Å². The van der Waals surface area contributed by atoms with Gasteiger partial charge in [-0.2, -0.15) is 5.10 Å². The molecule has 104 valence electrons. The fourth-order valence-electron chi connectivity index (χ4n) is 2.61. The fraction of sp³-hybridized carbons (Fsp3) is 0.333. The number of rotatable bonds is 3. The minimum atomic E-state index is 0.0325. The fourth-order valence-corrected chi connectivity index (χ4v) is 2.61. The molecule has 5 nitrogen and oxygen atoms in total. The lowest BCUT2D eigenvalue weighted by atomic mass is 10.1. The lowest BCUT2D eigenvalue weighted by molar-refractivity contribution is -0.119. The Kier molecular flexibility index (Phi) is 3.52. The van der Waals surface area contributed by atoms with Crippen molar-refractivity contribution in [3.8, 4) is 5.69 Å². The van der Waals surface area contributed by atoms with Gasteiger partial charge in [0.25, 0.3) is 0 Å². The Bertz CT molecular complexity index is 593. The van der Waals surface area contributed by atoms with Gasteiger partial charge in [0, 0.05) is 12.0 Å². The molecule has 0 spiro atoms. The Labute approximate surface area is 117 Å². The zero-order valence-corrected chi connectivity index (χ0v) is 11.2. The first-order valence-electron chi connectivity index (χ1n) is 6.89. The third kappa shape index (κ3) is 2.72. The average molecular weight is 270 g/mol. The van der Waals surface area contributed by atoms with Gasteiger partial charge < -0.3 is 11.1 Å². The first-order chi connectivity index (χ1) is 9.72. The van der Waals surface area contributed by atoms with E-state index in [0.29, 0.717) is 0 Å². The van der Waals surface area contributed by atoms with Gasteiger partial charge in [-0.25, -0.2) is 4.68 Å². The molecule has 2 atom stereocenters. The van der Waals surface area contributed by atoms with E-state index in [1.807, 2.05) is 36.5 Å². The molecule has 1 aromatic heterocycles. The van der Waals surface area contributed by atoms with Crippen molar-refractivity contribution >= 4 is 11.6 Å².